The summed E-state index contributed by atoms with van der Waals surface area (Å²) in [7, 11) is 0. The van der Waals surface area contributed by atoms with Gasteiger partial charge in [0.25, 0.3) is 0 Å². The Morgan fingerprint density at radius 1 is 1.30 bits per heavy atom. The number of anilines is 2. The van der Waals surface area contributed by atoms with Gasteiger partial charge in [-0.1, -0.05) is 19.3 Å². The number of nitrogen functional groups attached to an aromatic ring is 1. The van der Waals surface area contributed by atoms with Crippen molar-refractivity contribution >= 4 is 17.3 Å². The monoisotopic (exact) mass is 277 g/mol. The molecule has 1 aromatic rings. The molecule has 0 spiro atoms. The van der Waals surface area contributed by atoms with Gasteiger partial charge in [-0.05, 0) is 31.0 Å². The Hall–Kier alpha value is -1.75. The molecular formula is C15H23N3O2. The molecule has 1 aliphatic carbocycles. The second kappa shape index (κ2) is 6.13. The molecule has 1 aliphatic rings. The number of amides is 1. The summed E-state index contributed by atoms with van der Waals surface area (Å²) in [5.41, 5.74) is 12.8. The van der Waals surface area contributed by atoms with Crippen LogP contribution in [-0.2, 0) is 0 Å². The Kier molecular flexibility index (Phi) is 4.49. The molecule has 0 aliphatic heterocycles. The van der Waals surface area contributed by atoms with Crippen molar-refractivity contribution in [3.63, 3.8) is 0 Å². The molecule has 0 bridgehead atoms. The molecule has 1 amide bonds. The normalized spacial score (nSPS) is 17.6. The molecule has 0 atom stereocenters. The summed E-state index contributed by atoms with van der Waals surface area (Å²) in [5, 5.41) is 13.0. The van der Waals surface area contributed by atoms with E-state index in [1.807, 2.05) is 0 Å². The number of carbonyl (C=O) groups excluding carboxylic acids is 1. The lowest BCUT2D eigenvalue weighted by Gasteiger charge is -2.36. The fourth-order valence-electron chi connectivity index (χ4n) is 2.84. The highest BCUT2D eigenvalue weighted by Gasteiger charge is 2.31. The molecule has 0 unspecified atom stereocenters. The Labute approximate surface area is 119 Å². The van der Waals surface area contributed by atoms with Crippen LogP contribution in [0.4, 0.5) is 11.4 Å². The van der Waals surface area contributed by atoms with E-state index in [9.17, 15) is 9.90 Å². The van der Waals surface area contributed by atoms with Gasteiger partial charge in [-0.2, -0.15) is 0 Å². The number of aliphatic hydroxyl groups is 1. The lowest BCUT2D eigenvalue weighted by molar-refractivity contribution is 0.0944. The van der Waals surface area contributed by atoms with Crippen molar-refractivity contribution in [1.82, 2.24) is 0 Å². The van der Waals surface area contributed by atoms with E-state index in [1.54, 1.807) is 18.2 Å². The number of nitrogens with two attached hydrogens (primary N) is 2. The number of benzene rings is 1. The topological polar surface area (TPSA) is 101 Å². The zero-order valence-corrected chi connectivity index (χ0v) is 11.7. The summed E-state index contributed by atoms with van der Waals surface area (Å²) >= 11 is 0. The van der Waals surface area contributed by atoms with Crippen LogP contribution in [0.1, 0.15) is 42.5 Å². The first-order chi connectivity index (χ1) is 9.56. The van der Waals surface area contributed by atoms with Crippen LogP contribution < -0.4 is 16.8 Å². The van der Waals surface area contributed by atoms with E-state index in [-0.39, 0.29) is 12.0 Å². The van der Waals surface area contributed by atoms with E-state index < -0.39 is 5.91 Å². The molecule has 110 valence electrons. The van der Waals surface area contributed by atoms with Gasteiger partial charge in [0.05, 0.1) is 18.0 Å². The van der Waals surface area contributed by atoms with Gasteiger partial charge in [-0.15, -0.1) is 0 Å². The van der Waals surface area contributed by atoms with Crippen molar-refractivity contribution in [2.24, 2.45) is 11.1 Å². The van der Waals surface area contributed by atoms with Gasteiger partial charge in [0.2, 0.25) is 5.91 Å². The molecule has 20 heavy (non-hydrogen) atoms. The molecule has 5 heteroatoms. The van der Waals surface area contributed by atoms with Crippen LogP contribution in [0.15, 0.2) is 18.2 Å². The third kappa shape index (κ3) is 3.22. The van der Waals surface area contributed by atoms with Crippen LogP contribution in [0.2, 0.25) is 0 Å². The molecule has 1 fully saturated rings. The minimum absolute atomic E-state index is 0.0760. The average molecular weight is 277 g/mol. The van der Waals surface area contributed by atoms with Gasteiger partial charge in [-0.25, -0.2) is 0 Å². The number of primary amides is 1. The lowest BCUT2D eigenvalue weighted by Crippen LogP contribution is -2.35. The lowest BCUT2D eigenvalue weighted by atomic mass is 9.74. The maximum Gasteiger partial charge on any atom is 0.248 e. The average Bonchev–Trinajstić information content (AvgIpc) is 2.47. The van der Waals surface area contributed by atoms with Crippen molar-refractivity contribution in [2.45, 2.75) is 32.1 Å². The molecule has 0 saturated heterocycles. The fourth-order valence-corrected chi connectivity index (χ4v) is 2.84. The van der Waals surface area contributed by atoms with Gasteiger partial charge in [0.1, 0.15) is 0 Å². The maximum atomic E-state index is 11.2. The zero-order chi connectivity index (χ0) is 14.6. The number of hydrogen-bond donors (Lipinski definition) is 4. The van der Waals surface area contributed by atoms with Crippen molar-refractivity contribution < 1.29 is 9.90 Å². The second-order valence-electron chi connectivity index (χ2n) is 5.74. The Morgan fingerprint density at radius 3 is 2.60 bits per heavy atom. The molecule has 1 saturated carbocycles. The third-order valence-corrected chi connectivity index (χ3v) is 4.24. The van der Waals surface area contributed by atoms with Crippen LogP contribution in [-0.4, -0.2) is 24.2 Å². The minimum Gasteiger partial charge on any atom is -0.397 e. The van der Waals surface area contributed by atoms with Crippen LogP contribution in [0.5, 0.6) is 0 Å². The van der Waals surface area contributed by atoms with E-state index in [4.69, 9.17) is 11.5 Å². The van der Waals surface area contributed by atoms with Crippen molar-refractivity contribution in [3.05, 3.63) is 23.8 Å². The molecule has 5 nitrogen and oxygen atoms in total. The summed E-state index contributed by atoms with van der Waals surface area (Å²) in [6.45, 7) is 0.839. The summed E-state index contributed by atoms with van der Waals surface area (Å²) in [4.78, 5) is 11.2. The summed E-state index contributed by atoms with van der Waals surface area (Å²) < 4.78 is 0. The standard InChI is InChI=1S/C15H23N3O2/c16-12-5-4-11(14(17)20)8-13(12)18-9-15(10-19)6-2-1-3-7-15/h4-5,8,18-19H,1-3,6-7,9-10,16H2,(H2,17,20). The highest BCUT2D eigenvalue weighted by Crippen LogP contribution is 2.36. The van der Waals surface area contributed by atoms with E-state index in [1.165, 1.54) is 6.42 Å². The van der Waals surface area contributed by atoms with Crippen LogP contribution >= 0.6 is 0 Å². The zero-order valence-electron chi connectivity index (χ0n) is 11.7. The van der Waals surface area contributed by atoms with E-state index in [0.717, 1.165) is 25.7 Å². The van der Waals surface area contributed by atoms with E-state index in [2.05, 4.69) is 5.32 Å². The number of carbonyl (C=O) groups is 1. The number of rotatable bonds is 5. The number of aliphatic hydroxyl groups excluding tert-OH is 1. The first-order valence-electron chi connectivity index (χ1n) is 7.10. The Balaban J connectivity index is 2.09. The molecule has 6 N–H and O–H groups in total. The third-order valence-electron chi connectivity index (χ3n) is 4.24. The predicted octanol–water partition coefficient (Wildman–Crippen LogP) is 1.72. The van der Waals surface area contributed by atoms with Gasteiger partial charge in [0, 0.05) is 17.5 Å². The van der Waals surface area contributed by atoms with Crippen LogP contribution in [0.25, 0.3) is 0 Å². The van der Waals surface area contributed by atoms with Crippen LogP contribution in [0.3, 0.4) is 0 Å². The number of nitrogens with one attached hydrogen (secondary N) is 1. The predicted molar refractivity (Wildman–Crippen MR) is 80.5 cm³/mol. The molecule has 2 rings (SSSR count). The highest BCUT2D eigenvalue weighted by atomic mass is 16.3. The highest BCUT2D eigenvalue weighted by molar-refractivity contribution is 5.94. The smallest absolute Gasteiger partial charge is 0.248 e. The maximum absolute atomic E-state index is 11.2. The van der Waals surface area contributed by atoms with Crippen molar-refractivity contribution in [2.75, 3.05) is 24.2 Å². The van der Waals surface area contributed by atoms with E-state index >= 15 is 0 Å². The van der Waals surface area contributed by atoms with Gasteiger partial charge in [-0.3, -0.25) is 4.79 Å². The fraction of sp³-hybridized carbons (Fsp3) is 0.533. The minimum atomic E-state index is -0.470. The first-order valence-corrected chi connectivity index (χ1v) is 7.10. The molecule has 0 aromatic heterocycles. The summed E-state index contributed by atoms with van der Waals surface area (Å²) in [6, 6.07) is 4.96. The molecule has 0 heterocycles. The largest absolute Gasteiger partial charge is 0.397 e. The van der Waals surface area contributed by atoms with Gasteiger partial charge >= 0.3 is 0 Å². The summed E-state index contributed by atoms with van der Waals surface area (Å²) in [5.74, 6) is -0.470. The summed E-state index contributed by atoms with van der Waals surface area (Å²) in [6.07, 6.45) is 5.58. The van der Waals surface area contributed by atoms with Gasteiger partial charge < -0.3 is 21.9 Å². The van der Waals surface area contributed by atoms with Crippen molar-refractivity contribution in [3.8, 4) is 0 Å². The quantitative estimate of drug-likeness (QED) is 0.615. The first kappa shape index (κ1) is 14.7. The number of hydrogen-bond acceptors (Lipinski definition) is 4. The second-order valence-corrected chi connectivity index (χ2v) is 5.74. The Morgan fingerprint density at radius 2 is 2.00 bits per heavy atom. The van der Waals surface area contributed by atoms with Crippen molar-refractivity contribution in [1.29, 1.82) is 0 Å². The Bertz CT molecular complexity index is 482. The van der Waals surface area contributed by atoms with E-state index in [0.29, 0.717) is 23.5 Å². The molecule has 0 radical (unpaired) electrons. The molecular weight excluding hydrogens is 254 g/mol. The van der Waals surface area contributed by atoms with Crippen LogP contribution in [0, 0.1) is 5.41 Å². The SMILES string of the molecule is NC(=O)c1ccc(N)c(NCC2(CO)CCCCC2)c1. The molecule has 1 aromatic carbocycles. The van der Waals surface area contributed by atoms with Gasteiger partial charge in [0.15, 0.2) is 0 Å².